The number of alkyl halides is 3. The first kappa shape index (κ1) is 14.7. The number of nitrogens with zero attached hydrogens (tertiary/aromatic N) is 1. The van der Waals surface area contributed by atoms with Gasteiger partial charge in [0.15, 0.2) is 0 Å². The maximum absolute atomic E-state index is 11.9. The highest BCUT2D eigenvalue weighted by Gasteiger charge is 2.25. The Morgan fingerprint density at radius 2 is 2.06 bits per heavy atom. The summed E-state index contributed by atoms with van der Waals surface area (Å²) in [6.07, 6.45) is -2.68. The van der Waals surface area contributed by atoms with Crippen LogP contribution in [0.1, 0.15) is 25.0 Å². The van der Waals surface area contributed by atoms with E-state index in [9.17, 15) is 13.2 Å². The van der Waals surface area contributed by atoms with Crippen molar-refractivity contribution in [1.82, 2.24) is 4.98 Å². The first-order valence-electron chi connectivity index (χ1n) is 5.45. The van der Waals surface area contributed by atoms with Gasteiger partial charge in [-0.05, 0) is 25.0 Å². The molecule has 0 radical (unpaired) electrons. The van der Waals surface area contributed by atoms with Gasteiger partial charge in [-0.1, -0.05) is 12.2 Å². The number of nitrogens with one attached hydrogen (secondary N) is 1. The van der Waals surface area contributed by atoms with E-state index in [-0.39, 0.29) is 11.4 Å². The molecule has 0 fully saturated rings. The molecule has 0 aromatic carbocycles. The van der Waals surface area contributed by atoms with E-state index in [0.717, 1.165) is 5.69 Å². The van der Waals surface area contributed by atoms with E-state index in [0.29, 0.717) is 18.7 Å². The Hall–Kier alpha value is -1.37. The van der Waals surface area contributed by atoms with Crippen molar-refractivity contribution in [1.29, 1.82) is 0 Å². The largest absolute Gasteiger partial charge is 0.389 e. The first-order valence-corrected chi connectivity index (χ1v) is 5.86. The Labute approximate surface area is 109 Å². The van der Waals surface area contributed by atoms with Gasteiger partial charge in [-0.2, -0.15) is 13.2 Å². The summed E-state index contributed by atoms with van der Waals surface area (Å²) in [5, 5.41) is 2.98. The Morgan fingerprint density at radius 1 is 1.33 bits per heavy atom. The van der Waals surface area contributed by atoms with Crippen molar-refractivity contribution in [3.8, 4) is 0 Å². The number of hydrogen-bond acceptors (Lipinski definition) is 3. The summed E-state index contributed by atoms with van der Waals surface area (Å²) in [5.41, 5.74) is 6.65. The number of halogens is 3. The molecule has 0 saturated heterocycles. The third-order valence-corrected chi connectivity index (χ3v) is 2.44. The molecule has 7 heteroatoms. The predicted molar refractivity (Wildman–Crippen MR) is 68.5 cm³/mol. The van der Waals surface area contributed by atoms with Crippen LogP contribution in [-0.2, 0) is 0 Å². The molecule has 0 unspecified atom stereocenters. The van der Waals surface area contributed by atoms with E-state index in [1.165, 1.54) is 0 Å². The number of hydrogen-bond donors (Lipinski definition) is 2. The number of aromatic nitrogens is 1. The monoisotopic (exact) mass is 277 g/mol. The van der Waals surface area contributed by atoms with Gasteiger partial charge in [-0.3, -0.25) is 4.98 Å². The molecule has 0 bridgehead atoms. The molecule has 3 N–H and O–H groups in total. The van der Waals surface area contributed by atoms with E-state index in [1.54, 1.807) is 18.3 Å². The van der Waals surface area contributed by atoms with Crippen LogP contribution in [-0.4, -0.2) is 22.7 Å². The first-order chi connectivity index (χ1) is 8.38. The van der Waals surface area contributed by atoms with E-state index < -0.39 is 12.6 Å². The standard InChI is InChI=1S/C11H14F3N3S/c12-11(13,14)5-1-2-6-16-8-3-4-9(10(15)18)17-7-8/h3-4,7,16H,1-2,5-6H2,(H2,15,18). The molecule has 0 atom stereocenters. The number of rotatable bonds is 6. The average Bonchev–Trinajstić information content (AvgIpc) is 2.27. The van der Waals surface area contributed by atoms with E-state index in [2.05, 4.69) is 10.3 Å². The molecule has 0 aliphatic carbocycles. The molecule has 1 aromatic heterocycles. The Balaban J connectivity index is 2.25. The van der Waals surface area contributed by atoms with Gasteiger partial charge < -0.3 is 11.1 Å². The molecule has 1 heterocycles. The van der Waals surface area contributed by atoms with Crippen LogP contribution in [0.4, 0.5) is 18.9 Å². The summed E-state index contributed by atoms with van der Waals surface area (Å²) < 4.78 is 35.6. The minimum absolute atomic E-state index is 0.120. The average molecular weight is 277 g/mol. The van der Waals surface area contributed by atoms with Crippen LogP contribution >= 0.6 is 12.2 Å². The van der Waals surface area contributed by atoms with E-state index >= 15 is 0 Å². The molecule has 0 amide bonds. The summed E-state index contributed by atoms with van der Waals surface area (Å²) in [4.78, 5) is 4.22. The molecule has 0 aliphatic rings. The highest BCUT2D eigenvalue weighted by Crippen LogP contribution is 2.22. The molecular formula is C11H14F3N3S. The summed E-state index contributed by atoms with van der Waals surface area (Å²) in [6, 6.07) is 3.41. The van der Waals surface area contributed by atoms with Crippen molar-refractivity contribution >= 4 is 22.9 Å². The lowest BCUT2D eigenvalue weighted by molar-refractivity contribution is -0.135. The zero-order valence-corrected chi connectivity index (χ0v) is 10.4. The number of nitrogens with two attached hydrogens (primary N) is 1. The molecule has 0 aliphatic heterocycles. The van der Waals surface area contributed by atoms with E-state index in [4.69, 9.17) is 18.0 Å². The van der Waals surface area contributed by atoms with Gasteiger partial charge in [-0.25, -0.2) is 0 Å². The maximum Gasteiger partial charge on any atom is 0.389 e. The minimum atomic E-state index is -4.07. The Kier molecular flexibility index (Phi) is 5.33. The van der Waals surface area contributed by atoms with Crippen LogP contribution in [0.25, 0.3) is 0 Å². The smallest absolute Gasteiger partial charge is 0.388 e. The van der Waals surface area contributed by atoms with Crippen molar-refractivity contribution in [2.75, 3.05) is 11.9 Å². The molecule has 18 heavy (non-hydrogen) atoms. The molecule has 0 spiro atoms. The fraction of sp³-hybridized carbons (Fsp3) is 0.455. The van der Waals surface area contributed by atoms with Crippen molar-refractivity contribution < 1.29 is 13.2 Å². The molecular weight excluding hydrogens is 263 g/mol. The lowest BCUT2D eigenvalue weighted by Crippen LogP contribution is -2.12. The van der Waals surface area contributed by atoms with Crippen LogP contribution in [0.5, 0.6) is 0 Å². The zero-order valence-electron chi connectivity index (χ0n) is 9.63. The van der Waals surface area contributed by atoms with Gasteiger partial charge in [0.25, 0.3) is 0 Å². The summed E-state index contributed by atoms with van der Waals surface area (Å²) in [5.74, 6) is 0. The molecule has 3 nitrogen and oxygen atoms in total. The van der Waals surface area contributed by atoms with Gasteiger partial charge in [0.2, 0.25) is 0 Å². The Bertz CT molecular complexity index is 390. The predicted octanol–water partition coefficient (Wildman–Crippen LogP) is 2.86. The maximum atomic E-state index is 11.9. The highest BCUT2D eigenvalue weighted by atomic mass is 32.1. The number of anilines is 1. The van der Waals surface area contributed by atoms with Crippen LogP contribution < -0.4 is 11.1 Å². The molecule has 1 aromatic rings. The second-order valence-corrected chi connectivity index (χ2v) is 4.24. The quantitative estimate of drug-likeness (QED) is 0.620. The minimum Gasteiger partial charge on any atom is -0.388 e. The van der Waals surface area contributed by atoms with Crippen LogP contribution in [0.3, 0.4) is 0 Å². The van der Waals surface area contributed by atoms with Crippen molar-refractivity contribution in [3.05, 3.63) is 24.0 Å². The van der Waals surface area contributed by atoms with Crippen molar-refractivity contribution in [3.63, 3.8) is 0 Å². The normalized spacial score (nSPS) is 11.3. The molecule has 1 rings (SSSR count). The third-order valence-electron chi connectivity index (χ3n) is 2.23. The van der Waals surface area contributed by atoms with Crippen LogP contribution in [0.15, 0.2) is 18.3 Å². The van der Waals surface area contributed by atoms with Gasteiger partial charge in [0.05, 0.1) is 17.6 Å². The highest BCUT2D eigenvalue weighted by molar-refractivity contribution is 7.80. The fourth-order valence-electron chi connectivity index (χ4n) is 1.33. The van der Waals surface area contributed by atoms with Crippen molar-refractivity contribution in [2.45, 2.75) is 25.4 Å². The molecule has 0 saturated carbocycles. The lowest BCUT2D eigenvalue weighted by Gasteiger charge is -2.08. The number of pyridine rings is 1. The molecule has 100 valence electrons. The van der Waals surface area contributed by atoms with Crippen LogP contribution in [0, 0.1) is 0 Å². The van der Waals surface area contributed by atoms with Crippen molar-refractivity contribution in [2.24, 2.45) is 5.73 Å². The summed E-state index contributed by atoms with van der Waals surface area (Å²) in [6.45, 7) is 0.476. The lowest BCUT2D eigenvalue weighted by atomic mass is 10.2. The third kappa shape index (κ3) is 5.81. The van der Waals surface area contributed by atoms with E-state index in [1.807, 2.05) is 0 Å². The van der Waals surface area contributed by atoms with Gasteiger partial charge in [-0.15, -0.1) is 0 Å². The fourth-order valence-corrected chi connectivity index (χ4v) is 1.45. The SMILES string of the molecule is NC(=S)c1ccc(NCCCCC(F)(F)F)cn1. The summed E-state index contributed by atoms with van der Waals surface area (Å²) >= 11 is 4.75. The Morgan fingerprint density at radius 3 is 2.56 bits per heavy atom. The topological polar surface area (TPSA) is 50.9 Å². The zero-order chi connectivity index (χ0) is 13.6. The second kappa shape index (κ2) is 6.53. The number of unbranched alkanes of at least 4 members (excludes halogenated alkanes) is 1. The van der Waals surface area contributed by atoms with Crippen LogP contribution in [0.2, 0.25) is 0 Å². The summed E-state index contributed by atoms with van der Waals surface area (Å²) in [7, 11) is 0. The second-order valence-electron chi connectivity index (χ2n) is 3.80. The number of thiocarbonyl (C=S) groups is 1. The van der Waals surface area contributed by atoms with Gasteiger partial charge in [0.1, 0.15) is 4.99 Å². The van der Waals surface area contributed by atoms with Gasteiger partial charge >= 0.3 is 6.18 Å². The van der Waals surface area contributed by atoms with Gasteiger partial charge in [0, 0.05) is 13.0 Å².